The molecule has 0 radical (unpaired) electrons. The number of anilines is 1. The summed E-state index contributed by atoms with van der Waals surface area (Å²) >= 11 is 1.15. The minimum absolute atomic E-state index is 0.267. The largest absolute Gasteiger partial charge is 0.345 e. The molecule has 17 heavy (non-hydrogen) atoms. The van der Waals surface area contributed by atoms with Crippen LogP contribution in [0.15, 0.2) is 0 Å². The van der Waals surface area contributed by atoms with E-state index in [4.69, 9.17) is 0 Å². The Morgan fingerprint density at radius 3 is 2.41 bits per heavy atom. The van der Waals surface area contributed by atoms with Crippen molar-refractivity contribution in [3.8, 4) is 0 Å². The van der Waals surface area contributed by atoms with E-state index >= 15 is 0 Å². The summed E-state index contributed by atoms with van der Waals surface area (Å²) in [6.07, 6.45) is -1.68. The van der Waals surface area contributed by atoms with Crippen LogP contribution >= 0.6 is 11.3 Å². The summed E-state index contributed by atoms with van der Waals surface area (Å²) in [6, 6.07) is 0. The zero-order valence-electron chi connectivity index (χ0n) is 10.3. The molecule has 96 valence electrons. The predicted octanol–water partition coefficient (Wildman–Crippen LogP) is 2.95. The van der Waals surface area contributed by atoms with Gasteiger partial charge in [0.05, 0.1) is 17.1 Å². The van der Waals surface area contributed by atoms with Crippen LogP contribution in [0.2, 0.25) is 0 Å². The minimum atomic E-state index is -2.42. The van der Waals surface area contributed by atoms with Crippen LogP contribution in [0.1, 0.15) is 36.1 Å². The summed E-state index contributed by atoms with van der Waals surface area (Å²) < 4.78 is 24.5. The zero-order chi connectivity index (χ0) is 13.2. The molecule has 0 spiro atoms. The number of aldehydes is 1. The van der Waals surface area contributed by atoms with E-state index in [1.807, 2.05) is 20.8 Å². The molecule has 0 aliphatic rings. The molecule has 0 saturated carbocycles. The van der Waals surface area contributed by atoms with Crippen molar-refractivity contribution in [2.75, 3.05) is 18.5 Å². The maximum absolute atomic E-state index is 12.3. The second-order valence-electron chi connectivity index (χ2n) is 4.85. The first kappa shape index (κ1) is 14.0. The van der Waals surface area contributed by atoms with E-state index in [9.17, 15) is 13.6 Å². The van der Waals surface area contributed by atoms with Crippen LogP contribution in [0.25, 0.3) is 0 Å². The Labute approximate surface area is 103 Å². The number of alkyl halides is 2. The number of nitrogens with zero attached hydrogens (tertiary/aromatic N) is 2. The Balaban J connectivity index is 3.04. The molecule has 3 nitrogen and oxygen atoms in total. The van der Waals surface area contributed by atoms with Crippen LogP contribution in [-0.2, 0) is 5.41 Å². The standard InChI is InChI=1S/C11H16F2N2OS/c1-11(2,3)9-7(6-16)17-10(14-9)15(4)5-8(12)13/h6,8H,5H2,1-4H3. The summed E-state index contributed by atoms with van der Waals surface area (Å²) in [6.45, 7) is 5.43. The second kappa shape index (κ2) is 5.08. The van der Waals surface area contributed by atoms with Gasteiger partial charge >= 0.3 is 0 Å². The van der Waals surface area contributed by atoms with Crippen molar-refractivity contribution in [2.24, 2.45) is 0 Å². The van der Waals surface area contributed by atoms with Crippen LogP contribution in [0.5, 0.6) is 0 Å². The number of aromatic nitrogens is 1. The SMILES string of the molecule is CN(CC(F)F)c1nc(C(C)(C)C)c(C=O)s1. The van der Waals surface area contributed by atoms with Crippen LogP contribution in [-0.4, -0.2) is 31.3 Å². The molecule has 0 aromatic carbocycles. The van der Waals surface area contributed by atoms with Crippen molar-refractivity contribution in [1.82, 2.24) is 4.98 Å². The van der Waals surface area contributed by atoms with Crippen molar-refractivity contribution < 1.29 is 13.6 Å². The summed E-state index contributed by atoms with van der Waals surface area (Å²) in [5, 5.41) is 0.456. The van der Waals surface area contributed by atoms with Gasteiger partial charge in [0.1, 0.15) is 0 Å². The number of carbonyl (C=O) groups excluding carboxylic acids is 1. The van der Waals surface area contributed by atoms with Gasteiger partial charge in [0.25, 0.3) is 6.43 Å². The molecule has 1 aromatic rings. The van der Waals surface area contributed by atoms with Gasteiger partial charge in [-0.1, -0.05) is 32.1 Å². The van der Waals surface area contributed by atoms with Gasteiger partial charge in [-0.05, 0) is 0 Å². The maximum Gasteiger partial charge on any atom is 0.255 e. The topological polar surface area (TPSA) is 33.2 Å². The molecule has 0 atom stereocenters. The first-order valence-corrected chi connectivity index (χ1v) is 6.03. The number of hydrogen-bond donors (Lipinski definition) is 0. The third kappa shape index (κ3) is 3.46. The van der Waals surface area contributed by atoms with Crippen LogP contribution in [0.4, 0.5) is 13.9 Å². The molecule has 0 bridgehead atoms. The Kier molecular flexibility index (Phi) is 4.19. The number of carbonyl (C=O) groups is 1. The average Bonchev–Trinajstić information content (AvgIpc) is 2.59. The highest BCUT2D eigenvalue weighted by atomic mass is 32.1. The summed E-state index contributed by atoms with van der Waals surface area (Å²) in [5.41, 5.74) is 0.394. The number of rotatable bonds is 4. The fourth-order valence-electron chi connectivity index (χ4n) is 1.39. The number of thiazole rings is 1. The molecule has 6 heteroatoms. The van der Waals surface area contributed by atoms with E-state index < -0.39 is 6.43 Å². The highest BCUT2D eigenvalue weighted by molar-refractivity contribution is 7.17. The zero-order valence-corrected chi connectivity index (χ0v) is 11.1. The van der Waals surface area contributed by atoms with Crippen LogP contribution in [0, 0.1) is 0 Å². The lowest BCUT2D eigenvalue weighted by Gasteiger charge is -2.17. The Morgan fingerprint density at radius 2 is 2.06 bits per heavy atom. The van der Waals surface area contributed by atoms with Gasteiger partial charge in [0.2, 0.25) is 0 Å². The van der Waals surface area contributed by atoms with Crippen LogP contribution in [0.3, 0.4) is 0 Å². The quantitative estimate of drug-likeness (QED) is 0.782. The van der Waals surface area contributed by atoms with Crippen LogP contribution < -0.4 is 4.90 Å². The molecule has 1 rings (SSSR count). The first-order chi connectivity index (χ1) is 7.75. The summed E-state index contributed by atoms with van der Waals surface area (Å²) in [7, 11) is 1.55. The van der Waals surface area contributed by atoms with E-state index in [0.29, 0.717) is 15.7 Å². The van der Waals surface area contributed by atoms with Gasteiger partial charge in [0.15, 0.2) is 11.4 Å². The number of halogens is 2. The molecule has 0 amide bonds. The van der Waals surface area contributed by atoms with Gasteiger partial charge in [-0.25, -0.2) is 13.8 Å². The smallest absolute Gasteiger partial charge is 0.255 e. The maximum atomic E-state index is 12.3. The van der Waals surface area contributed by atoms with E-state index in [-0.39, 0.29) is 12.0 Å². The summed E-state index contributed by atoms with van der Waals surface area (Å²) in [4.78, 5) is 17.1. The van der Waals surface area contributed by atoms with Gasteiger partial charge in [-0.15, -0.1) is 0 Å². The van der Waals surface area contributed by atoms with Gasteiger partial charge in [-0.2, -0.15) is 0 Å². The monoisotopic (exact) mass is 262 g/mol. The third-order valence-corrected chi connectivity index (χ3v) is 3.29. The Morgan fingerprint density at radius 1 is 1.47 bits per heavy atom. The molecule has 1 aromatic heterocycles. The van der Waals surface area contributed by atoms with Gasteiger partial charge < -0.3 is 4.90 Å². The van der Waals surface area contributed by atoms with Gasteiger partial charge in [-0.3, -0.25) is 4.79 Å². The van der Waals surface area contributed by atoms with Gasteiger partial charge in [0, 0.05) is 12.5 Å². The minimum Gasteiger partial charge on any atom is -0.345 e. The van der Waals surface area contributed by atoms with Crippen molar-refractivity contribution in [2.45, 2.75) is 32.6 Å². The molecular formula is C11H16F2N2OS. The van der Waals surface area contributed by atoms with Crippen molar-refractivity contribution in [1.29, 1.82) is 0 Å². The van der Waals surface area contributed by atoms with E-state index in [0.717, 1.165) is 17.6 Å². The molecular weight excluding hydrogens is 246 g/mol. The first-order valence-electron chi connectivity index (χ1n) is 5.21. The average molecular weight is 262 g/mol. The summed E-state index contributed by atoms with van der Waals surface area (Å²) in [5.74, 6) is 0. The van der Waals surface area contributed by atoms with E-state index in [1.54, 1.807) is 7.05 Å². The Bertz CT molecular complexity index is 399. The molecule has 0 aliphatic heterocycles. The fourth-order valence-corrected chi connectivity index (χ4v) is 2.45. The normalized spacial score (nSPS) is 11.9. The highest BCUT2D eigenvalue weighted by Crippen LogP contribution is 2.32. The fraction of sp³-hybridized carbons (Fsp3) is 0.636. The lowest BCUT2D eigenvalue weighted by atomic mass is 9.91. The third-order valence-electron chi connectivity index (χ3n) is 2.20. The molecule has 0 unspecified atom stereocenters. The van der Waals surface area contributed by atoms with Crippen molar-refractivity contribution in [3.63, 3.8) is 0 Å². The van der Waals surface area contributed by atoms with Crippen molar-refractivity contribution >= 4 is 22.8 Å². The van der Waals surface area contributed by atoms with Crippen molar-refractivity contribution in [3.05, 3.63) is 10.6 Å². The van der Waals surface area contributed by atoms with E-state index in [2.05, 4.69) is 4.98 Å². The number of hydrogen-bond acceptors (Lipinski definition) is 4. The molecule has 0 N–H and O–H groups in total. The Hall–Kier alpha value is -1.04. The molecule has 1 heterocycles. The molecule has 0 saturated heterocycles. The lowest BCUT2D eigenvalue weighted by molar-refractivity contribution is 0.112. The highest BCUT2D eigenvalue weighted by Gasteiger charge is 2.24. The molecule has 0 aliphatic carbocycles. The van der Waals surface area contributed by atoms with E-state index in [1.165, 1.54) is 4.90 Å². The lowest BCUT2D eigenvalue weighted by Crippen LogP contribution is -2.24. The predicted molar refractivity (Wildman–Crippen MR) is 65.5 cm³/mol. The molecule has 0 fully saturated rings. The second-order valence-corrected chi connectivity index (χ2v) is 5.86.